The first kappa shape index (κ1) is 14.8. The van der Waals surface area contributed by atoms with Crippen LogP contribution in [0.1, 0.15) is 16.8 Å². The average Bonchev–Trinajstić information content (AvgIpc) is 2.77. The molecule has 0 bridgehead atoms. The second-order valence-electron chi connectivity index (χ2n) is 4.89. The summed E-state index contributed by atoms with van der Waals surface area (Å²) in [6.45, 7) is 0. The highest BCUT2D eigenvalue weighted by Crippen LogP contribution is 2.23. The van der Waals surface area contributed by atoms with Crippen LogP contribution in [0.3, 0.4) is 0 Å². The van der Waals surface area contributed by atoms with E-state index in [2.05, 4.69) is 5.32 Å². The molecule has 1 aromatic rings. The van der Waals surface area contributed by atoms with Gasteiger partial charge in [-0.3, -0.25) is 4.79 Å². The van der Waals surface area contributed by atoms with Crippen LogP contribution in [0.25, 0.3) is 0 Å². The molecular formula is C13H17FN2O3S. The van der Waals surface area contributed by atoms with Crippen molar-refractivity contribution in [1.82, 2.24) is 4.90 Å². The normalized spacial score (nSPS) is 20.6. The first-order chi connectivity index (χ1) is 9.35. The monoisotopic (exact) mass is 300 g/mol. The minimum absolute atomic E-state index is 0.0283. The minimum atomic E-state index is -3.06. The second kappa shape index (κ2) is 5.40. The molecule has 20 heavy (non-hydrogen) atoms. The maximum absolute atomic E-state index is 13.6. The Kier molecular flexibility index (Phi) is 3.99. The lowest BCUT2D eigenvalue weighted by atomic mass is 10.1. The van der Waals surface area contributed by atoms with Crippen molar-refractivity contribution in [2.75, 3.05) is 30.9 Å². The summed E-state index contributed by atoms with van der Waals surface area (Å²) in [6, 6.07) is 3.91. The fourth-order valence-electron chi connectivity index (χ4n) is 2.39. The van der Waals surface area contributed by atoms with Crippen molar-refractivity contribution in [3.63, 3.8) is 0 Å². The lowest BCUT2D eigenvalue weighted by Crippen LogP contribution is -2.38. The van der Waals surface area contributed by atoms with E-state index in [4.69, 9.17) is 0 Å². The first-order valence-electron chi connectivity index (χ1n) is 6.29. The molecule has 0 spiro atoms. The van der Waals surface area contributed by atoms with Crippen molar-refractivity contribution in [3.8, 4) is 0 Å². The largest absolute Gasteiger partial charge is 0.385 e. The lowest BCUT2D eigenvalue weighted by Gasteiger charge is -2.24. The van der Waals surface area contributed by atoms with E-state index in [1.807, 2.05) is 0 Å². The van der Waals surface area contributed by atoms with Crippen LogP contribution in [0.4, 0.5) is 10.1 Å². The second-order valence-corrected chi connectivity index (χ2v) is 7.11. The van der Waals surface area contributed by atoms with Crippen LogP contribution in [0.5, 0.6) is 0 Å². The molecule has 5 nitrogen and oxygen atoms in total. The number of rotatable bonds is 3. The molecule has 1 unspecified atom stereocenters. The molecule has 2 rings (SSSR count). The fraction of sp³-hybridized carbons (Fsp3) is 0.462. The smallest absolute Gasteiger partial charge is 0.256 e. The molecule has 7 heteroatoms. The van der Waals surface area contributed by atoms with E-state index < -0.39 is 15.7 Å². The molecule has 1 saturated heterocycles. The summed E-state index contributed by atoms with van der Waals surface area (Å²) in [4.78, 5) is 13.8. The van der Waals surface area contributed by atoms with Crippen molar-refractivity contribution >= 4 is 21.4 Å². The maximum Gasteiger partial charge on any atom is 0.256 e. The summed E-state index contributed by atoms with van der Waals surface area (Å²) in [7, 11) is 0.0270. The van der Waals surface area contributed by atoms with Gasteiger partial charge in [-0.05, 0) is 18.6 Å². The highest BCUT2D eigenvalue weighted by atomic mass is 32.2. The number of benzene rings is 1. The third-order valence-electron chi connectivity index (χ3n) is 3.57. The first-order valence-corrected chi connectivity index (χ1v) is 8.11. The highest BCUT2D eigenvalue weighted by molar-refractivity contribution is 7.91. The summed E-state index contributed by atoms with van der Waals surface area (Å²) in [5.74, 6) is -0.821. The zero-order valence-corrected chi connectivity index (χ0v) is 12.2. The number of hydrogen-bond acceptors (Lipinski definition) is 4. The molecule has 1 atom stereocenters. The van der Waals surface area contributed by atoms with Gasteiger partial charge in [-0.15, -0.1) is 0 Å². The van der Waals surface area contributed by atoms with Crippen molar-refractivity contribution in [3.05, 3.63) is 29.6 Å². The van der Waals surface area contributed by atoms with Gasteiger partial charge in [-0.2, -0.15) is 0 Å². The molecule has 1 amide bonds. The van der Waals surface area contributed by atoms with Gasteiger partial charge in [0.05, 0.1) is 22.8 Å². The minimum Gasteiger partial charge on any atom is -0.385 e. The number of sulfone groups is 1. The highest BCUT2D eigenvalue weighted by Gasteiger charge is 2.33. The van der Waals surface area contributed by atoms with Crippen molar-refractivity contribution < 1.29 is 17.6 Å². The Morgan fingerprint density at radius 2 is 2.15 bits per heavy atom. The molecule has 1 aromatic carbocycles. The molecule has 110 valence electrons. The van der Waals surface area contributed by atoms with E-state index in [-0.39, 0.29) is 34.7 Å². The number of nitrogens with one attached hydrogen (secondary N) is 1. The molecule has 0 aliphatic carbocycles. The SMILES string of the molecule is CNc1c(F)cccc1C(=O)N(C)C1CCS(=O)(=O)C1. The third kappa shape index (κ3) is 2.77. The number of carbonyl (C=O) groups is 1. The number of halogens is 1. The number of nitrogens with zero attached hydrogens (tertiary/aromatic N) is 1. The molecule has 1 aliphatic heterocycles. The molecule has 1 aliphatic rings. The Balaban J connectivity index is 2.26. The molecule has 0 saturated carbocycles. The maximum atomic E-state index is 13.6. The molecule has 0 radical (unpaired) electrons. The Hall–Kier alpha value is -1.63. The van der Waals surface area contributed by atoms with Crippen LogP contribution in [0.2, 0.25) is 0 Å². The Morgan fingerprint density at radius 3 is 2.70 bits per heavy atom. The van der Waals surface area contributed by atoms with Crippen LogP contribution < -0.4 is 5.32 Å². The van der Waals surface area contributed by atoms with Gasteiger partial charge in [0.15, 0.2) is 9.84 Å². The zero-order valence-electron chi connectivity index (χ0n) is 11.4. The summed E-state index contributed by atoms with van der Waals surface area (Å²) < 4.78 is 36.6. The number of anilines is 1. The van der Waals surface area contributed by atoms with Crippen LogP contribution in [-0.2, 0) is 9.84 Å². The summed E-state index contributed by atoms with van der Waals surface area (Å²) >= 11 is 0. The average molecular weight is 300 g/mol. The predicted octanol–water partition coefficient (Wildman–Crippen LogP) is 1.13. The van der Waals surface area contributed by atoms with Crippen LogP contribution in [-0.4, -0.2) is 50.9 Å². The van der Waals surface area contributed by atoms with Gasteiger partial charge < -0.3 is 10.2 Å². The van der Waals surface area contributed by atoms with Crippen LogP contribution in [0.15, 0.2) is 18.2 Å². The molecule has 0 aromatic heterocycles. The Labute approximate surface area is 117 Å². The number of amides is 1. The van der Waals surface area contributed by atoms with Crippen LogP contribution >= 0.6 is 0 Å². The summed E-state index contributed by atoms with van der Waals surface area (Å²) in [5.41, 5.74) is 0.338. The van der Waals surface area contributed by atoms with Gasteiger partial charge in [-0.1, -0.05) is 6.07 Å². The van der Waals surface area contributed by atoms with Gasteiger partial charge in [0.1, 0.15) is 5.82 Å². The van der Waals surface area contributed by atoms with E-state index >= 15 is 0 Å². The van der Waals surface area contributed by atoms with Gasteiger partial charge in [0.2, 0.25) is 0 Å². The van der Waals surface area contributed by atoms with Gasteiger partial charge in [0.25, 0.3) is 5.91 Å². The number of para-hydroxylation sites is 1. The molecular weight excluding hydrogens is 283 g/mol. The number of hydrogen-bond donors (Lipinski definition) is 1. The quantitative estimate of drug-likeness (QED) is 0.908. The van der Waals surface area contributed by atoms with Gasteiger partial charge >= 0.3 is 0 Å². The Bertz CT molecular complexity index is 631. The summed E-state index contributed by atoms with van der Waals surface area (Å²) in [6.07, 6.45) is 0.425. The van der Waals surface area contributed by atoms with E-state index in [9.17, 15) is 17.6 Å². The zero-order chi connectivity index (χ0) is 14.9. The van der Waals surface area contributed by atoms with E-state index in [1.165, 1.54) is 30.1 Å². The Morgan fingerprint density at radius 1 is 1.45 bits per heavy atom. The third-order valence-corrected chi connectivity index (χ3v) is 5.32. The molecule has 1 heterocycles. The predicted molar refractivity (Wildman–Crippen MR) is 75.1 cm³/mol. The molecule has 1 N–H and O–H groups in total. The van der Waals surface area contributed by atoms with E-state index in [0.717, 1.165) is 0 Å². The van der Waals surface area contributed by atoms with Gasteiger partial charge in [0, 0.05) is 20.1 Å². The van der Waals surface area contributed by atoms with E-state index in [0.29, 0.717) is 6.42 Å². The van der Waals surface area contributed by atoms with Gasteiger partial charge in [-0.25, -0.2) is 12.8 Å². The van der Waals surface area contributed by atoms with Crippen molar-refractivity contribution in [2.45, 2.75) is 12.5 Å². The van der Waals surface area contributed by atoms with E-state index in [1.54, 1.807) is 7.05 Å². The fourth-order valence-corrected chi connectivity index (χ4v) is 4.17. The number of carbonyl (C=O) groups excluding carboxylic acids is 1. The van der Waals surface area contributed by atoms with Crippen molar-refractivity contribution in [1.29, 1.82) is 0 Å². The molecule has 1 fully saturated rings. The standard InChI is InChI=1S/C13H17FN2O3S/c1-15-12-10(4-3-5-11(12)14)13(17)16(2)9-6-7-20(18,19)8-9/h3-5,9,15H,6-8H2,1-2H3. The van der Waals surface area contributed by atoms with Crippen molar-refractivity contribution in [2.24, 2.45) is 0 Å². The topological polar surface area (TPSA) is 66.5 Å². The van der Waals surface area contributed by atoms with Crippen LogP contribution in [0, 0.1) is 5.82 Å². The lowest BCUT2D eigenvalue weighted by molar-refractivity contribution is 0.0748. The summed E-state index contributed by atoms with van der Waals surface area (Å²) in [5, 5.41) is 2.67.